The van der Waals surface area contributed by atoms with Crippen LogP contribution >= 0.6 is 0 Å². The molecule has 32 heavy (non-hydrogen) atoms. The zero-order valence-electron chi connectivity index (χ0n) is 17.4. The molecule has 9 nitrogen and oxygen atoms in total. The third kappa shape index (κ3) is 4.18. The van der Waals surface area contributed by atoms with E-state index in [4.69, 9.17) is 4.42 Å². The molecule has 4 aromatic rings. The number of hydrogen-bond acceptors (Lipinski definition) is 7. The van der Waals surface area contributed by atoms with E-state index in [-0.39, 0.29) is 5.91 Å². The number of oxazole rings is 1. The first-order valence-corrected chi connectivity index (χ1v) is 10.4. The van der Waals surface area contributed by atoms with Crippen molar-refractivity contribution in [2.45, 2.75) is 32.2 Å². The van der Waals surface area contributed by atoms with Crippen molar-refractivity contribution in [1.82, 2.24) is 20.3 Å². The van der Waals surface area contributed by atoms with Gasteiger partial charge in [-0.2, -0.15) is 4.98 Å². The van der Waals surface area contributed by atoms with Gasteiger partial charge in [-0.3, -0.25) is 9.78 Å². The number of benzene rings is 2. The van der Waals surface area contributed by atoms with Crippen molar-refractivity contribution < 1.29 is 9.21 Å². The van der Waals surface area contributed by atoms with E-state index in [2.05, 4.69) is 30.9 Å². The van der Waals surface area contributed by atoms with Crippen LogP contribution < -0.4 is 21.7 Å². The number of fused-ring (bicyclic) bond motifs is 1. The maximum atomic E-state index is 12.3. The second-order valence-electron chi connectivity index (χ2n) is 7.88. The molecule has 2 aromatic heterocycles. The Balaban J connectivity index is 1.29. The summed E-state index contributed by atoms with van der Waals surface area (Å²) >= 11 is 0. The minimum Gasteiger partial charge on any atom is -0.408 e. The summed E-state index contributed by atoms with van der Waals surface area (Å²) in [4.78, 5) is 35.2. The molecule has 0 unspecified atom stereocenters. The molecule has 2 heterocycles. The lowest BCUT2D eigenvalue weighted by Gasteiger charge is -2.26. The molecule has 1 aliphatic carbocycles. The number of aryl methyl sites for hydroxylation is 1. The van der Waals surface area contributed by atoms with Gasteiger partial charge in [-0.25, -0.2) is 9.78 Å². The fourth-order valence-corrected chi connectivity index (χ4v) is 3.45. The van der Waals surface area contributed by atoms with E-state index in [1.54, 1.807) is 36.5 Å². The van der Waals surface area contributed by atoms with Crippen LogP contribution in [0.2, 0.25) is 0 Å². The lowest BCUT2D eigenvalue weighted by Crippen LogP contribution is -2.39. The standard InChI is InChI=1S/C23H22N6O3/c1-13-12-24-22(27-16-7-5-14(6-8-16)21(30)26-15-3-2-4-15)29-20(13)25-17-9-10-19-18(11-17)28-23(31)32-19/h5-12,15H,2-4H2,1H3,(H,26,30)(H,28,31)(H2,24,25,27,29). The third-order valence-electron chi connectivity index (χ3n) is 5.50. The quantitative estimate of drug-likeness (QED) is 0.364. The van der Waals surface area contributed by atoms with Crippen molar-refractivity contribution in [2.24, 2.45) is 0 Å². The van der Waals surface area contributed by atoms with Crippen LogP contribution in [0.15, 0.2) is 57.9 Å². The van der Waals surface area contributed by atoms with E-state index in [1.807, 2.05) is 19.1 Å². The Morgan fingerprint density at radius 3 is 2.62 bits per heavy atom. The molecular formula is C23H22N6O3. The van der Waals surface area contributed by atoms with Crippen LogP contribution in [0.3, 0.4) is 0 Å². The molecule has 162 valence electrons. The second kappa shape index (κ2) is 8.18. The molecule has 1 aliphatic rings. The summed E-state index contributed by atoms with van der Waals surface area (Å²) in [5.74, 6) is 0.510. The van der Waals surface area contributed by atoms with Gasteiger partial charge >= 0.3 is 5.76 Å². The van der Waals surface area contributed by atoms with Crippen molar-refractivity contribution in [3.8, 4) is 0 Å². The normalized spacial score (nSPS) is 13.5. The molecule has 5 rings (SSSR count). The minimum absolute atomic E-state index is 0.0461. The number of hydrogen-bond donors (Lipinski definition) is 4. The van der Waals surface area contributed by atoms with Crippen molar-refractivity contribution in [2.75, 3.05) is 10.6 Å². The summed E-state index contributed by atoms with van der Waals surface area (Å²) in [5, 5.41) is 9.44. The number of H-pyrrole nitrogens is 1. The monoisotopic (exact) mass is 430 g/mol. The number of carbonyl (C=O) groups is 1. The summed E-state index contributed by atoms with van der Waals surface area (Å²) in [5.41, 5.74) is 4.11. The predicted octanol–water partition coefficient (Wildman–Crippen LogP) is 3.99. The maximum Gasteiger partial charge on any atom is 0.417 e. The van der Waals surface area contributed by atoms with Gasteiger partial charge in [-0.1, -0.05) is 0 Å². The average Bonchev–Trinajstić information content (AvgIpc) is 3.13. The van der Waals surface area contributed by atoms with Crippen molar-refractivity contribution in [1.29, 1.82) is 0 Å². The van der Waals surface area contributed by atoms with Crippen LogP contribution in [0.5, 0.6) is 0 Å². The van der Waals surface area contributed by atoms with E-state index >= 15 is 0 Å². The Morgan fingerprint density at radius 2 is 1.88 bits per heavy atom. The molecule has 0 radical (unpaired) electrons. The molecule has 2 aromatic carbocycles. The summed E-state index contributed by atoms with van der Waals surface area (Å²) in [7, 11) is 0. The molecular weight excluding hydrogens is 408 g/mol. The first kappa shape index (κ1) is 19.8. The van der Waals surface area contributed by atoms with Gasteiger partial charge < -0.3 is 20.4 Å². The van der Waals surface area contributed by atoms with Crippen LogP contribution in [0.1, 0.15) is 35.2 Å². The zero-order chi connectivity index (χ0) is 22.1. The van der Waals surface area contributed by atoms with Crippen molar-refractivity contribution in [3.63, 3.8) is 0 Å². The highest BCUT2D eigenvalue weighted by Gasteiger charge is 2.20. The summed E-state index contributed by atoms with van der Waals surface area (Å²) in [6.07, 6.45) is 5.01. The molecule has 0 spiro atoms. The van der Waals surface area contributed by atoms with E-state index in [0.717, 1.165) is 29.8 Å². The molecule has 0 aliphatic heterocycles. The molecule has 4 N–H and O–H groups in total. The SMILES string of the molecule is Cc1cnc(Nc2ccc(C(=O)NC3CCC3)cc2)nc1Nc1ccc2oc(=O)[nH]c2c1. The van der Waals surface area contributed by atoms with E-state index in [1.165, 1.54) is 6.42 Å². The van der Waals surface area contributed by atoms with Crippen LogP contribution in [-0.2, 0) is 0 Å². The molecule has 1 amide bonds. The number of carbonyl (C=O) groups excluding carboxylic acids is 1. The molecule has 0 atom stereocenters. The van der Waals surface area contributed by atoms with Crippen LogP contribution in [0, 0.1) is 6.92 Å². The van der Waals surface area contributed by atoms with Gasteiger partial charge in [0.05, 0.1) is 5.52 Å². The molecule has 9 heteroatoms. The van der Waals surface area contributed by atoms with E-state index in [9.17, 15) is 9.59 Å². The molecule has 1 fully saturated rings. The van der Waals surface area contributed by atoms with Crippen molar-refractivity contribution >= 4 is 40.1 Å². The largest absolute Gasteiger partial charge is 0.417 e. The van der Waals surface area contributed by atoms with Gasteiger partial charge in [0.25, 0.3) is 5.91 Å². The number of nitrogens with one attached hydrogen (secondary N) is 4. The number of aromatic amines is 1. The van der Waals surface area contributed by atoms with E-state index < -0.39 is 5.76 Å². The molecule has 0 saturated heterocycles. The van der Waals surface area contributed by atoms with Gasteiger partial charge in [0, 0.05) is 34.7 Å². The van der Waals surface area contributed by atoms with Crippen molar-refractivity contribution in [3.05, 3.63) is 70.3 Å². The molecule has 1 saturated carbocycles. The van der Waals surface area contributed by atoms with Gasteiger partial charge in [-0.05, 0) is 68.7 Å². The molecule has 0 bridgehead atoms. The minimum atomic E-state index is -0.492. The smallest absolute Gasteiger partial charge is 0.408 e. The first-order chi connectivity index (χ1) is 15.5. The van der Waals surface area contributed by atoms with Gasteiger partial charge in [-0.15, -0.1) is 0 Å². The second-order valence-corrected chi connectivity index (χ2v) is 7.88. The van der Waals surface area contributed by atoms with Gasteiger partial charge in [0.2, 0.25) is 5.95 Å². The number of aromatic nitrogens is 3. The number of amides is 1. The predicted molar refractivity (Wildman–Crippen MR) is 122 cm³/mol. The Bertz CT molecular complexity index is 1340. The first-order valence-electron chi connectivity index (χ1n) is 10.4. The Labute approximate surface area is 183 Å². The highest BCUT2D eigenvalue weighted by atomic mass is 16.4. The van der Waals surface area contributed by atoms with E-state index in [0.29, 0.717) is 34.5 Å². The summed E-state index contributed by atoms with van der Waals surface area (Å²) < 4.78 is 5.03. The maximum absolute atomic E-state index is 12.3. The lowest BCUT2D eigenvalue weighted by molar-refractivity contribution is 0.0917. The Kier molecular flexibility index (Phi) is 5.06. The Hall–Kier alpha value is -4.14. The fraction of sp³-hybridized carbons (Fsp3) is 0.217. The number of rotatable bonds is 6. The number of nitrogens with zero attached hydrogens (tertiary/aromatic N) is 2. The van der Waals surface area contributed by atoms with Crippen LogP contribution in [-0.4, -0.2) is 26.9 Å². The highest BCUT2D eigenvalue weighted by molar-refractivity contribution is 5.94. The third-order valence-corrected chi connectivity index (χ3v) is 5.50. The van der Waals surface area contributed by atoms with Gasteiger partial charge in [0.15, 0.2) is 5.58 Å². The Morgan fingerprint density at radius 1 is 1.09 bits per heavy atom. The van der Waals surface area contributed by atoms with Gasteiger partial charge in [0.1, 0.15) is 5.82 Å². The average molecular weight is 430 g/mol. The summed E-state index contributed by atoms with van der Waals surface area (Å²) in [6, 6.07) is 12.8. The summed E-state index contributed by atoms with van der Waals surface area (Å²) in [6.45, 7) is 1.90. The topological polar surface area (TPSA) is 125 Å². The number of anilines is 4. The highest BCUT2D eigenvalue weighted by Crippen LogP contribution is 2.24. The van der Waals surface area contributed by atoms with Crippen LogP contribution in [0.25, 0.3) is 11.1 Å². The fourth-order valence-electron chi connectivity index (χ4n) is 3.45. The zero-order valence-corrected chi connectivity index (χ0v) is 17.4. The lowest BCUT2D eigenvalue weighted by atomic mass is 9.93. The van der Waals surface area contributed by atoms with Crippen LogP contribution in [0.4, 0.5) is 23.1 Å².